The normalized spacial score (nSPS) is 62.0. The quantitative estimate of drug-likeness (QED) is 0.344. The minimum absolute atomic E-state index is 0.0207. The van der Waals surface area contributed by atoms with E-state index in [0.29, 0.717) is 0 Å². The van der Waals surface area contributed by atoms with Gasteiger partial charge >= 0.3 is 11.9 Å². The minimum atomic E-state index is -2.32. The van der Waals surface area contributed by atoms with Gasteiger partial charge in [0, 0.05) is 5.92 Å². The Hall–Kier alpha value is -2.18. The molecule has 13 atom stereocenters. The third-order valence-corrected chi connectivity index (χ3v) is 12.7. The van der Waals surface area contributed by atoms with E-state index in [1.165, 1.54) is 12.2 Å². The molecule has 0 aromatic rings. The zero-order valence-corrected chi connectivity index (χ0v) is 22.0. The van der Waals surface area contributed by atoms with Gasteiger partial charge in [0.15, 0.2) is 28.4 Å². The SMILES string of the molecule is C[C@@]12C[C@H]3OC(=O)[C@@H]1CO[C@@]14O[C@]5([C@@H]2C1=O)[C@@](O)(CC[C@H]1[C@H]4C[C@@H](O)[C@@]2(O)CC=CC(=O)[C@]12C)C(=O)O[C@@]35C. The Kier molecular flexibility index (Phi) is 4.09. The standard InChI is InChI=1S/C28H32O11/c1-22-10-17-24(3)28-18(22)19(31)27(39-28,36-11-14(22)20(32)37-17)13-9-16(30)25(34)7-4-5-15(29)23(25,2)12(13)6-8-26(28,35)21(33)38-24/h4-5,12-14,16-18,30,34-35H,6-11H2,1-3H3/t12-,13+,14-,16+,17+,18+,22+,23-,24-,25-,26+,27-,28-/m0/s1. The summed E-state index contributed by atoms with van der Waals surface area (Å²) in [5.41, 5.74) is -10.4. The zero-order chi connectivity index (χ0) is 27.8. The predicted molar refractivity (Wildman–Crippen MR) is 125 cm³/mol. The van der Waals surface area contributed by atoms with Crippen LogP contribution in [0.1, 0.15) is 52.9 Å². The maximum Gasteiger partial charge on any atom is 0.342 e. The molecule has 5 aliphatic heterocycles. The summed E-state index contributed by atoms with van der Waals surface area (Å²) in [6.45, 7) is 4.69. The molecule has 5 bridgehead atoms. The summed E-state index contributed by atoms with van der Waals surface area (Å²) < 4.78 is 24.9. The monoisotopic (exact) mass is 544 g/mol. The van der Waals surface area contributed by atoms with E-state index >= 15 is 0 Å². The number of Topliss-reactive ketones (excluding diaryl/α,β-unsaturated/α-hetero) is 1. The summed E-state index contributed by atoms with van der Waals surface area (Å²) in [6, 6.07) is 0. The molecule has 5 saturated heterocycles. The Morgan fingerprint density at radius 3 is 2.54 bits per heavy atom. The van der Waals surface area contributed by atoms with Gasteiger partial charge in [0.2, 0.25) is 5.79 Å². The third kappa shape index (κ3) is 2.10. The highest BCUT2D eigenvalue weighted by molar-refractivity contribution is 6.00. The molecule has 7 fully saturated rings. The van der Waals surface area contributed by atoms with E-state index < -0.39 is 98.4 Å². The van der Waals surface area contributed by atoms with E-state index in [-0.39, 0.29) is 38.7 Å². The molecular formula is C28H32O11. The van der Waals surface area contributed by atoms with Gasteiger partial charge in [-0.25, -0.2) is 4.79 Å². The molecule has 0 unspecified atom stereocenters. The number of esters is 2. The molecule has 2 spiro atoms. The second kappa shape index (κ2) is 6.49. The number of ketones is 2. The van der Waals surface area contributed by atoms with Crippen molar-refractivity contribution in [1.82, 2.24) is 0 Å². The lowest BCUT2D eigenvalue weighted by Crippen LogP contribution is -2.79. The fraction of sp³-hybridized carbons (Fsp3) is 0.786. The highest BCUT2D eigenvalue weighted by Crippen LogP contribution is 2.75. The Bertz CT molecular complexity index is 1330. The molecule has 0 amide bonds. The van der Waals surface area contributed by atoms with Crippen LogP contribution in [0.4, 0.5) is 0 Å². The van der Waals surface area contributed by atoms with Crippen molar-refractivity contribution in [2.24, 2.45) is 34.5 Å². The maximum atomic E-state index is 14.9. The van der Waals surface area contributed by atoms with E-state index in [0.717, 1.165) is 0 Å². The smallest absolute Gasteiger partial charge is 0.342 e. The molecule has 0 aromatic heterocycles. The number of carbonyl (C=O) groups excluding carboxylic acids is 4. The number of hydrogen-bond acceptors (Lipinski definition) is 11. The van der Waals surface area contributed by atoms with E-state index in [1.807, 2.05) is 0 Å². The molecule has 11 nitrogen and oxygen atoms in total. The number of hydrogen-bond donors (Lipinski definition) is 3. The lowest BCUT2D eigenvalue weighted by molar-refractivity contribution is -0.382. The molecule has 8 rings (SSSR count). The molecule has 3 aliphatic carbocycles. The molecular weight excluding hydrogens is 512 g/mol. The zero-order valence-electron chi connectivity index (χ0n) is 22.0. The van der Waals surface area contributed by atoms with Crippen LogP contribution in [-0.2, 0) is 38.1 Å². The van der Waals surface area contributed by atoms with Crippen LogP contribution in [0.3, 0.4) is 0 Å². The van der Waals surface area contributed by atoms with E-state index in [2.05, 4.69) is 0 Å². The van der Waals surface area contributed by atoms with E-state index in [1.54, 1.807) is 20.8 Å². The number of rotatable bonds is 0. The average molecular weight is 545 g/mol. The second-order valence-corrected chi connectivity index (χ2v) is 13.8. The fourth-order valence-corrected chi connectivity index (χ4v) is 10.6. The van der Waals surface area contributed by atoms with Gasteiger partial charge in [0.05, 0.1) is 30.0 Å². The summed E-state index contributed by atoms with van der Waals surface area (Å²) in [4.78, 5) is 55.5. The third-order valence-electron chi connectivity index (χ3n) is 12.7. The summed E-state index contributed by atoms with van der Waals surface area (Å²) in [5, 5.41) is 35.6. The van der Waals surface area contributed by atoms with Gasteiger partial charge in [0.1, 0.15) is 11.7 Å². The fourth-order valence-electron chi connectivity index (χ4n) is 10.6. The van der Waals surface area contributed by atoms with Gasteiger partial charge in [-0.1, -0.05) is 13.0 Å². The minimum Gasteiger partial charge on any atom is -0.458 e. The van der Waals surface area contributed by atoms with Crippen LogP contribution in [0.25, 0.3) is 0 Å². The number of aliphatic hydroxyl groups excluding tert-OH is 1. The largest absolute Gasteiger partial charge is 0.458 e. The van der Waals surface area contributed by atoms with Crippen LogP contribution >= 0.6 is 0 Å². The predicted octanol–water partition coefficient (Wildman–Crippen LogP) is -0.277. The topological polar surface area (TPSA) is 166 Å². The lowest BCUT2D eigenvalue weighted by Gasteiger charge is -2.64. The van der Waals surface area contributed by atoms with Gasteiger partial charge in [-0.3, -0.25) is 14.4 Å². The number of fused-ring (bicyclic) bond motifs is 5. The summed E-state index contributed by atoms with van der Waals surface area (Å²) in [6.07, 6.45) is 0.491. The Morgan fingerprint density at radius 1 is 1.05 bits per heavy atom. The molecule has 5 heterocycles. The molecule has 8 aliphatic rings. The van der Waals surface area contributed by atoms with Crippen LogP contribution in [0.5, 0.6) is 0 Å². The first-order valence-electron chi connectivity index (χ1n) is 13.8. The number of carbonyl (C=O) groups is 4. The van der Waals surface area contributed by atoms with Crippen molar-refractivity contribution in [2.75, 3.05) is 6.61 Å². The van der Waals surface area contributed by atoms with Gasteiger partial charge in [-0.15, -0.1) is 0 Å². The molecule has 39 heavy (non-hydrogen) atoms. The van der Waals surface area contributed by atoms with Crippen LogP contribution < -0.4 is 0 Å². The number of allylic oxidation sites excluding steroid dienone is 1. The van der Waals surface area contributed by atoms with Crippen molar-refractivity contribution in [3.05, 3.63) is 12.2 Å². The van der Waals surface area contributed by atoms with Crippen LogP contribution in [0.15, 0.2) is 12.2 Å². The number of aliphatic hydroxyl groups is 3. The summed E-state index contributed by atoms with van der Waals surface area (Å²) in [5.74, 6) is -8.35. The van der Waals surface area contributed by atoms with Gasteiger partial charge in [0.25, 0.3) is 0 Å². The van der Waals surface area contributed by atoms with Gasteiger partial charge in [-0.2, -0.15) is 0 Å². The van der Waals surface area contributed by atoms with E-state index in [9.17, 15) is 34.5 Å². The van der Waals surface area contributed by atoms with Crippen molar-refractivity contribution >= 4 is 23.5 Å². The first-order valence-corrected chi connectivity index (χ1v) is 13.8. The molecule has 11 heteroatoms. The Morgan fingerprint density at radius 2 is 1.79 bits per heavy atom. The Balaban J connectivity index is 1.43. The number of ether oxygens (including phenoxy) is 4. The lowest BCUT2D eigenvalue weighted by atomic mass is 9.46. The molecule has 0 radical (unpaired) electrons. The van der Waals surface area contributed by atoms with Crippen LogP contribution in [0, 0.1) is 34.5 Å². The summed E-state index contributed by atoms with van der Waals surface area (Å²) in [7, 11) is 0. The molecule has 3 N–H and O–H groups in total. The van der Waals surface area contributed by atoms with Crippen molar-refractivity contribution < 1.29 is 53.4 Å². The van der Waals surface area contributed by atoms with Crippen molar-refractivity contribution in [3.63, 3.8) is 0 Å². The Labute approximate surface area is 223 Å². The van der Waals surface area contributed by atoms with Crippen molar-refractivity contribution in [1.29, 1.82) is 0 Å². The van der Waals surface area contributed by atoms with Crippen molar-refractivity contribution in [3.8, 4) is 0 Å². The summed E-state index contributed by atoms with van der Waals surface area (Å²) >= 11 is 0. The maximum absolute atomic E-state index is 14.9. The first kappa shape index (κ1) is 24.6. The molecule has 210 valence electrons. The highest BCUT2D eigenvalue weighted by atomic mass is 16.8. The molecule has 2 saturated carbocycles. The van der Waals surface area contributed by atoms with Gasteiger partial charge < -0.3 is 34.3 Å². The van der Waals surface area contributed by atoms with Crippen LogP contribution in [0.2, 0.25) is 0 Å². The molecule has 0 aromatic carbocycles. The van der Waals surface area contributed by atoms with Crippen molar-refractivity contribution in [2.45, 2.75) is 93.3 Å². The highest BCUT2D eigenvalue weighted by Gasteiger charge is 2.93. The van der Waals surface area contributed by atoms with Crippen LogP contribution in [-0.4, -0.2) is 85.8 Å². The second-order valence-electron chi connectivity index (χ2n) is 13.8. The van der Waals surface area contributed by atoms with Gasteiger partial charge in [-0.05, 0) is 63.4 Å². The first-order chi connectivity index (χ1) is 18.2. The average Bonchev–Trinajstić information content (AvgIpc) is 3.19. The van der Waals surface area contributed by atoms with E-state index in [4.69, 9.17) is 18.9 Å².